The highest BCUT2D eigenvalue weighted by molar-refractivity contribution is 7.39. The first-order chi connectivity index (χ1) is 5.06. The second-order valence-electron chi connectivity index (χ2n) is 1.37. The lowest BCUT2D eigenvalue weighted by Gasteiger charge is -2.07. The highest BCUT2D eigenvalue weighted by Crippen LogP contribution is 2.30. The maximum atomic E-state index is 9.98. The molecule has 0 fully saturated rings. The molecular formula is C2H8NO6P2+. The van der Waals surface area contributed by atoms with Crippen LogP contribution in [0, 0.1) is 0 Å². The molecule has 0 heterocycles. The van der Waals surface area contributed by atoms with Crippen LogP contribution in [0.3, 0.4) is 0 Å². The lowest BCUT2D eigenvalue weighted by molar-refractivity contribution is 0.00358. The first-order valence-corrected chi connectivity index (χ1v) is 4.73. The minimum Gasteiger partial charge on any atom is -0.328 e. The molecule has 7 nitrogen and oxygen atoms in total. The largest absolute Gasteiger partial charge is 0.697 e. The van der Waals surface area contributed by atoms with Gasteiger partial charge >= 0.3 is 16.9 Å². The summed E-state index contributed by atoms with van der Waals surface area (Å²) < 4.78 is 18.3. The van der Waals surface area contributed by atoms with Crippen molar-refractivity contribution >= 4 is 16.9 Å². The topological polar surface area (TPSA) is 122 Å². The van der Waals surface area contributed by atoms with E-state index in [-0.39, 0.29) is 6.54 Å². The van der Waals surface area contributed by atoms with Crippen LogP contribution in [-0.4, -0.2) is 27.5 Å². The molecule has 0 aliphatic carbocycles. The molecule has 11 heavy (non-hydrogen) atoms. The molecule has 0 saturated carbocycles. The van der Waals surface area contributed by atoms with Crippen LogP contribution in [0.2, 0.25) is 0 Å². The third-order valence-corrected chi connectivity index (χ3v) is 1.45. The summed E-state index contributed by atoms with van der Waals surface area (Å²) in [6.07, 6.45) is -1.26. The summed E-state index contributed by atoms with van der Waals surface area (Å²) >= 11 is 0. The quantitative estimate of drug-likeness (QED) is 0.340. The van der Waals surface area contributed by atoms with Crippen molar-refractivity contribution in [3.8, 4) is 0 Å². The summed E-state index contributed by atoms with van der Waals surface area (Å²) in [6.45, 7) is -0.235. The molecule has 0 bridgehead atoms. The molecule has 0 radical (unpaired) electrons. The molecule has 66 valence electrons. The first-order valence-electron chi connectivity index (χ1n) is 2.44. The normalized spacial score (nSPS) is 15.2. The monoisotopic (exact) mass is 204 g/mol. The van der Waals surface area contributed by atoms with Gasteiger partial charge in [0.25, 0.3) is 0 Å². The zero-order chi connectivity index (χ0) is 8.85. The van der Waals surface area contributed by atoms with Gasteiger partial charge in [0.1, 0.15) is 0 Å². The smallest absolute Gasteiger partial charge is 0.328 e. The molecule has 0 spiro atoms. The average molecular weight is 204 g/mol. The Hall–Kier alpha value is 0.290. The Kier molecular flexibility index (Phi) is 6.03. The number of nitrogens with two attached hydrogens (primary N) is 1. The second kappa shape index (κ2) is 5.88. The van der Waals surface area contributed by atoms with Crippen molar-refractivity contribution in [1.82, 2.24) is 0 Å². The molecule has 0 saturated heterocycles. The maximum absolute atomic E-state index is 9.98. The van der Waals surface area contributed by atoms with Gasteiger partial charge in [-0.2, -0.15) is 0 Å². The Bertz CT molecular complexity index is 130. The fraction of sp³-hybridized carbons (Fsp3) is 1.00. The molecule has 2 unspecified atom stereocenters. The van der Waals surface area contributed by atoms with Gasteiger partial charge in [-0.05, 0) is 0 Å². The molecule has 0 aromatic rings. The molecule has 0 aromatic heterocycles. The van der Waals surface area contributed by atoms with Crippen LogP contribution in [0.1, 0.15) is 0 Å². The summed E-state index contributed by atoms with van der Waals surface area (Å²) in [5.74, 6) is 0. The van der Waals surface area contributed by atoms with E-state index in [0.717, 1.165) is 0 Å². The van der Waals surface area contributed by atoms with Gasteiger partial charge in [-0.3, -0.25) is 4.52 Å². The summed E-state index contributed by atoms with van der Waals surface area (Å²) in [5, 5.41) is 0. The van der Waals surface area contributed by atoms with Gasteiger partial charge in [-0.25, -0.2) is 0 Å². The lowest BCUT2D eigenvalue weighted by Crippen LogP contribution is -2.22. The van der Waals surface area contributed by atoms with E-state index in [9.17, 15) is 4.57 Å². The van der Waals surface area contributed by atoms with Crippen molar-refractivity contribution in [2.75, 3.05) is 6.54 Å². The Labute approximate surface area is 64.7 Å². The number of hydrogen-bond acceptors (Lipinski definition) is 6. The van der Waals surface area contributed by atoms with E-state index >= 15 is 0 Å². The molecule has 0 rings (SSSR count). The second-order valence-corrected chi connectivity index (χ2v) is 2.77. The summed E-state index contributed by atoms with van der Waals surface area (Å²) in [7, 11) is -5.46. The Balaban J connectivity index is 3.66. The van der Waals surface area contributed by atoms with Crippen molar-refractivity contribution < 1.29 is 28.3 Å². The molecule has 2 atom stereocenters. The van der Waals surface area contributed by atoms with Crippen molar-refractivity contribution in [3.05, 3.63) is 0 Å². The summed E-state index contributed by atoms with van der Waals surface area (Å²) in [5.41, 5.74) is 4.97. The fourth-order valence-electron chi connectivity index (χ4n) is 0.311. The zero-order valence-electron chi connectivity index (χ0n) is 5.32. The lowest BCUT2D eigenvalue weighted by atomic mass is 10.7. The highest BCUT2D eigenvalue weighted by atomic mass is 31.2. The van der Waals surface area contributed by atoms with Gasteiger partial charge < -0.3 is 15.5 Å². The van der Waals surface area contributed by atoms with E-state index in [1.807, 2.05) is 0 Å². The highest BCUT2D eigenvalue weighted by Gasteiger charge is 2.24. The van der Waals surface area contributed by atoms with Crippen molar-refractivity contribution in [2.24, 2.45) is 5.73 Å². The van der Waals surface area contributed by atoms with Crippen molar-refractivity contribution in [1.29, 1.82) is 0 Å². The van der Waals surface area contributed by atoms with Gasteiger partial charge in [0.05, 0.1) is 0 Å². The Morgan fingerprint density at radius 1 is 1.64 bits per heavy atom. The van der Waals surface area contributed by atoms with Gasteiger partial charge in [-0.1, -0.05) is 4.52 Å². The predicted octanol–water partition coefficient (Wildman–Crippen LogP) is -0.834. The third-order valence-electron chi connectivity index (χ3n) is 0.612. The molecule has 0 aliphatic rings. The molecule has 0 amide bonds. The van der Waals surface area contributed by atoms with E-state index in [2.05, 4.69) is 9.05 Å². The van der Waals surface area contributed by atoms with Crippen molar-refractivity contribution in [2.45, 2.75) is 6.29 Å². The van der Waals surface area contributed by atoms with E-state index in [0.29, 0.717) is 0 Å². The molecule has 5 N–H and O–H groups in total. The molecular weight excluding hydrogens is 196 g/mol. The first kappa shape index (κ1) is 11.3. The zero-order valence-corrected chi connectivity index (χ0v) is 7.11. The molecule has 0 aromatic carbocycles. The van der Waals surface area contributed by atoms with Crippen LogP contribution in [0.5, 0.6) is 0 Å². The standard InChI is InChI=1S/C2H7NO6P2/c3-1-2(8-10(4)5)9-11(6)7/h2,4-5H,1,3H2/p+1. The number of hydrogen-bond donors (Lipinski definition) is 4. The summed E-state index contributed by atoms with van der Waals surface area (Å²) in [4.78, 5) is 24.7. The van der Waals surface area contributed by atoms with Crippen LogP contribution < -0.4 is 5.73 Å². The predicted molar refractivity (Wildman–Crippen MR) is 36.2 cm³/mol. The van der Waals surface area contributed by atoms with Crippen LogP contribution in [0.4, 0.5) is 0 Å². The van der Waals surface area contributed by atoms with Gasteiger partial charge in [0.2, 0.25) is 6.29 Å². The van der Waals surface area contributed by atoms with Crippen LogP contribution in [-0.2, 0) is 13.6 Å². The Morgan fingerprint density at radius 3 is 2.45 bits per heavy atom. The average Bonchev–Trinajstić information content (AvgIpc) is 1.84. The third kappa shape index (κ3) is 6.68. The SMILES string of the molecule is NCC(OP(O)O)O[P+](=O)O. The molecule has 9 heteroatoms. The molecule has 0 aliphatic heterocycles. The van der Waals surface area contributed by atoms with Gasteiger partial charge in [0.15, 0.2) is 0 Å². The minimum absolute atomic E-state index is 0.235. The van der Waals surface area contributed by atoms with Crippen LogP contribution in [0.25, 0.3) is 0 Å². The Morgan fingerprint density at radius 2 is 2.18 bits per heavy atom. The summed E-state index contributed by atoms with van der Waals surface area (Å²) in [6, 6.07) is 0. The van der Waals surface area contributed by atoms with Gasteiger partial charge in [0, 0.05) is 11.1 Å². The van der Waals surface area contributed by atoms with Gasteiger partial charge in [-0.15, -0.1) is 4.89 Å². The van der Waals surface area contributed by atoms with E-state index in [4.69, 9.17) is 20.4 Å². The number of rotatable bonds is 5. The van der Waals surface area contributed by atoms with Crippen molar-refractivity contribution in [3.63, 3.8) is 0 Å². The van der Waals surface area contributed by atoms with E-state index in [1.165, 1.54) is 0 Å². The van der Waals surface area contributed by atoms with Crippen LogP contribution >= 0.6 is 16.9 Å². The maximum Gasteiger partial charge on any atom is 0.697 e. The van der Waals surface area contributed by atoms with E-state index < -0.39 is 23.1 Å². The van der Waals surface area contributed by atoms with Crippen LogP contribution in [0.15, 0.2) is 0 Å². The fourth-order valence-corrected chi connectivity index (χ4v) is 1.05. The minimum atomic E-state index is -2.84. The van der Waals surface area contributed by atoms with E-state index in [1.54, 1.807) is 0 Å².